The minimum Gasteiger partial charge on any atom is -0.307 e. The van der Waals surface area contributed by atoms with Crippen molar-refractivity contribution in [1.82, 2.24) is 19.2 Å². The van der Waals surface area contributed by atoms with Gasteiger partial charge in [-0.3, -0.25) is 0 Å². The Balaban J connectivity index is 1.54. The van der Waals surface area contributed by atoms with Gasteiger partial charge in [0, 0.05) is 22.5 Å². The number of amides is 2. The molecule has 7 heteroatoms. The van der Waals surface area contributed by atoms with E-state index in [1.807, 2.05) is 72.0 Å². The number of nitrogens with zero attached hydrogens (tertiary/aromatic N) is 4. The molecular formula is C31H28ClN5O. The standard InChI is InChI=1S/C31H28ClN5O/c1-20-11-14-23(15-12-20)29-28-10-7-17-35(28)30-26(22(3)34-37(30)25-8-5-4-6-9-25)19-36(29)31(38)33-27-18-24(32)16-13-21(27)2/h4-18,29H,19H2,1-3H3,(H,33,38). The van der Waals surface area contributed by atoms with E-state index in [1.165, 1.54) is 5.56 Å². The molecule has 3 aromatic carbocycles. The van der Waals surface area contributed by atoms with Crippen LogP contribution >= 0.6 is 11.6 Å². The number of carbonyl (C=O) groups excluding carboxylic acids is 1. The Labute approximate surface area is 227 Å². The number of hydrogen-bond acceptors (Lipinski definition) is 2. The van der Waals surface area contributed by atoms with Crippen LogP contribution in [0.3, 0.4) is 0 Å². The molecule has 0 spiro atoms. The summed E-state index contributed by atoms with van der Waals surface area (Å²) < 4.78 is 4.15. The van der Waals surface area contributed by atoms with Crippen LogP contribution in [0.25, 0.3) is 11.5 Å². The van der Waals surface area contributed by atoms with Gasteiger partial charge in [0.05, 0.1) is 29.7 Å². The summed E-state index contributed by atoms with van der Waals surface area (Å²) >= 11 is 6.27. The number of rotatable bonds is 3. The van der Waals surface area contributed by atoms with Crippen molar-refractivity contribution >= 4 is 23.3 Å². The number of aryl methyl sites for hydroxylation is 3. The average molecular weight is 522 g/mol. The van der Waals surface area contributed by atoms with E-state index in [9.17, 15) is 4.79 Å². The Morgan fingerprint density at radius 1 is 0.947 bits per heavy atom. The summed E-state index contributed by atoms with van der Waals surface area (Å²) in [6.07, 6.45) is 2.05. The van der Waals surface area contributed by atoms with E-state index in [0.717, 1.165) is 39.6 Å². The normalized spacial score (nSPS) is 14.5. The van der Waals surface area contributed by atoms with Gasteiger partial charge in [-0.2, -0.15) is 5.10 Å². The molecule has 1 atom stereocenters. The number of fused-ring (bicyclic) bond motifs is 3. The summed E-state index contributed by atoms with van der Waals surface area (Å²) in [5, 5.41) is 8.63. The SMILES string of the molecule is Cc1ccc(C2c3cccn3-c3c(c(C)nn3-c3ccccc3)CN2C(=O)Nc2cc(Cl)ccc2C)cc1. The van der Waals surface area contributed by atoms with Gasteiger partial charge in [-0.05, 0) is 68.3 Å². The second kappa shape index (κ2) is 9.54. The molecule has 1 unspecified atom stereocenters. The van der Waals surface area contributed by atoms with Crippen molar-refractivity contribution in [2.75, 3.05) is 5.32 Å². The smallest absolute Gasteiger partial charge is 0.307 e. The number of halogens is 1. The molecule has 0 radical (unpaired) electrons. The van der Waals surface area contributed by atoms with Crippen LogP contribution in [0, 0.1) is 20.8 Å². The number of para-hydroxylation sites is 1. The lowest BCUT2D eigenvalue weighted by Gasteiger charge is -2.31. The molecule has 0 saturated carbocycles. The molecule has 5 aromatic rings. The molecule has 2 amide bonds. The number of benzene rings is 3. The number of carbonyl (C=O) groups is 1. The third kappa shape index (κ3) is 4.17. The lowest BCUT2D eigenvalue weighted by atomic mass is 10.0. The van der Waals surface area contributed by atoms with E-state index in [2.05, 4.69) is 53.3 Å². The van der Waals surface area contributed by atoms with Crippen molar-refractivity contribution in [3.05, 3.63) is 130 Å². The van der Waals surface area contributed by atoms with E-state index in [1.54, 1.807) is 6.07 Å². The van der Waals surface area contributed by atoms with Crippen LogP contribution in [0.2, 0.25) is 5.02 Å². The summed E-state index contributed by atoms with van der Waals surface area (Å²) in [4.78, 5) is 16.0. The minimum absolute atomic E-state index is 0.201. The summed E-state index contributed by atoms with van der Waals surface area (Å²) in [6.45, 7) is 6.42. The molecule has 0 saturated heterocycles. The van der Waals surface area contributed by atoms with Crippen LogP contribution in [0.4, 0.5) is 10.5 Å². The zero-order chi connectivity index (χ0) is 26.4. The summed E-state index contributed by atoms with van der Waals surface area (Å²) in [5.41, 5.74) is 7.68. The quantitative estimate of drug-likeness (QED) is 0.269. The van der Waals surface area contributed by atoms with E-state index < -0.39 is 0 Å². The third-order valence-corrected chi connectivity index (χ3v) is 7.42. The second-order valence-corrected chi connectivity index (χ2v) is 10.2. The van der Waals surface area contributed by atoms with Gasteiger partial charge >= 0.3 is 6.03 Å². The molecule has 38 heavy (non-hydrogen) atoms. The van der Waals surface area contributed by atoms with Gasteiger partial charge in [0.2, 0.25) is 0 Å². The van der Waals surface area contributed by atoms with E-state index in [0.29, 0.717) is 17.3 Å². The highest BCUT2D eigenvalue weighted by atomic mass is 35.5. The number of nitrogens with one attached hydrogen (secondary N) is 1. The largest absolute Gasteiger partial charge is 0.322 e. The molecule has 0 aliphatic carbocycles. The highest BCUT2D eigenvalue weighted by Gasteiger charge is 2.36. The van der Waals surface area contributed by atoms with Crippen molar-refractivity contribution in [3.63, 3.8) is 0 Å². The van der Waals surface area contributed by atoms with Crippen molar-refractivity contribution in [2.45, 2.75) is 33.4 Å². The van der Waals surface area contributed by atoms with Crippen LogP contribution in [0.15, 0.2) is 91.1 Å². The fourth-order valence-corrected chi connectivity index (χ4v) is 5.34. The summed E-state index contributed by atoms with van der Waals surface area (Å²) in [6, 6.07) is 27.6. The molecule has 1 N–H and O–H groups in total. The zero-order valence-electron chi connectivity index (χ0n) is 21.5. The fourth-order valence-electron chi connectivity index (χ4n) is 5.16. The van der Waals surface area contributed by atoms with E-state index >= 15 is 0 Å². The maximum absolute atomic E-state index is 14.1. The van der Waals surface area contributed by atoms with Crippen LogP contribution < -0.4 is 5.32 Å². The minimum atomic E-state index is -0.318. The highest BCUT2D eigenvalue weighted by Crippen LogP contribution is 2.39. The van der Waals surface area contributed by atoms with Crippen LogP contribution in [0.1, 0.15) is 39.7 Å². The third-order valence-electron chi connectivity index (χ3n) is 7.18. The first-order chi connectivity index (χ1) is 18.4. The van der Waals surface area contributed by atoms with Crippen LogP contribution in [0.5, 0.6) is 0 Å². The first kappa shape index (κ1) is 24.1. The lowest BCUT2D eigenvalue weighted by molar-refractivity contribution is 0.194. The van der Waals surface area contributed by atoms with Crippen LogP contribution in [-0.4, -0.2) is 25.3 Å². The molecular weight excluding hydrogens is 494 g/mol. The molecule has 1 aliphatic rings. The van der Waals surface area contributed by atoms with Crippen LogP contribution in [-0.2, 0) is 6.54 Å². The number of hydrogen-bond donors (Lipinski definition) is 1. The Morgan fingerprint density at radius 2 is 1.71 bits per heavy atom. The summed E-state index contributed by atoms with van der Waals surface area (Å²) in [7, 11) is 0. The first-order valence-corrected chi connectivity index (χ1v) is 13.0. The Bertz CT molecular complexity index is 1640. The van der Waals surface area contributed by atoms with Gasteiger partial charge in [-0.1, -0.05) is 65.7 Å². The van der Waals surface area contributed by atoms with Crippen molar-refractivity contribution < 1.29 is 4.79 Å². The number of anilines is 1. The van der Waals surface area contributed by atoms with E-state index in [4.69, 9.17) is 16.7 Å². The van der Waals surface area contributed by atoms with Gasteiger partial charge in [0.15, 0.2) is 0 Å². The van der Waals surface area contributed by atoms with Gasteiger partial charge in [0.1, 0.15) is 5.82 Å². The molecule has 6 rings (SSSR count). The highest BCUT2D eigenvalue weighted by molar-refractivity contribution is 6.31. The van der Waals surface area contributed by atoms with Gasteiger partial charge in [-0.15, -0.1) is 0 Å². The topological polar surface area (TPSA) is 55.1 Å². The molecule has 190 valence electrons. The predicted molar refractivity (Wildman–Crippen MR) is 151 cm³/mol. The van der Waals surface area contributed by atoms with Crippen molar-refractivity contribution in [3.8, 4) is 11.5 Å². The maximum Gasteiger partial charge on any atom is 0.322 e. The average Bonchev–Trinajstić information content (AvgIpc) is 3.48. The molecule has 2 aromatic heterocycles. The van der Waals surface area contributed by atoms with Crippen molar-refractivity contribution in [1.29, 1.82) is 0 Å². The number of urea groups is 1. The van der Waals surface area contributed by atoms with Gasteiger partial charge < -0.3 is 14.8 Å². The molecule has 3 heterocycles. The molecule has 1 aliphatic heterocycles. The molecule has 0 fully saturated rings. The fraction of sp³-hybridized carbons (Fsp3) is 0.161. The van der Waals surface area contributed by atoms with E-state index in [-0.39, 0.29) is 12.1 Å². The molecule has 0 bridgehead atoms. The maximum atomic E-state index is 14.1. The summed E-state index contributed by atoms with van der Waals surface area (Å²) in [5.74, 6) is 0.944. The Hall–Kier alpha value is -4.29. The zero-order valence-corrected chi connectivity index (χ0v) is 22.3. The van der Waals surface area contributed by atoms with Gasteiger partial charge in [-0.25, -0.2) is 9.48 Å². The van der Waals surface area contributed by atoms with Gasteiger partial charge in [0.25, 0.3) is 0 Å². The first-order valence-electron chi connectivity index (χ1n) is 12.6. The lowest BCUT2D eigenvalue weighted by Crippen LogP contribution is -2.38. The monoisotopic (exact) mass is 521 g/mol. The predicted octanol–water partition coefficient (Wildman–Crippen LogP) is 7.38. The molecule has 6 nitrogen and oxygen atoms in total. The van der Waals surface area contributed by atoms with Crippen molar-refractivity contribution in [2.24, 2.45) is 0 Å². The second-order valence-electron chi connectivity index (χ2n) is 9.77. The Morgan fingerprint density at radius 3 is 2.47 bits per heavy atom. The number of aromatic nitrogens is 3. The Kier molecular flexibility index (Phi) is 6.04.